The van der Waals surface area contributed by atoms with E-state index in [1.54, 1.807) is 54.6 Å². The van der Waals surface area contributed by atoms with Gasteiger partial charge in [0, 0.05) is 36.5 Å². The molecule has 10 nitrogen and oxygen atoms in total. The van der Waals surface area contributed by atoms with Gasteiger partial charge in [0.05, 0.1) is 12.0 Å². The number of fused-ring (bicyclic) bond motifs is 1. The molecule has 2 saturated heterocycles. The first-order valence-electron chi connectivity index (χ1n) is 13.9. The minimum atomic E-state index is -4.68. The molecule has 4 N–H and O–H groups in total. The zero-order valence-electron chi connectivity index (χ0n) is 22.9. The molecule has 0 aliphatic carbocycles. The molecule has 2 aliphatic heterocycles. The van der Waals surface area contributed by atoms with Gasteiger partial charge in [-0.2, -0.15) is 13.2 Å². The minimum absolute atomic E-state index is 0.0115. The quantitative estimate of drug-likeness (QED) is 0.281. The Morgan fingerprint density at radius 3 is 2.42 bits per heavy atom. The number of likely N-dealkylation sites (tertiary alicyclic amines) is 1. The lowest BCUT2D eigenvalue weighted by Gasteiger charge is -2.26. The first-order valence-corrected chi connectivity index (χ1v) is 13.9. The van der Waals surface area contributed by atoms with Gasteiger partial charge in [-0.1, -0.05) is 48.5 Å². The van der Waals surface area contributed by atoms with Crippen LogP contribution in [0.2, 0.25) is 0 Å². The molecule has 43 heavy (non-hydrogen) atoms. The van der Waals surface area contributed by atoms with Crippen LogP contribution in [0.1, 0.15) is 35.3 Å². The molecule has 3 aromatic rings. The smallest absolute Gasteiger partial charge is 0.356 e. The van der Waals surface area contributed by atoms with Crippen LogP contribution < -0.4 is 16.0 Å². The molecule has 0 unspecified atom stereocenters. The van der Waals surface area contributed by atoms with Gasteiger partial charge in [-0.15, -0.1) is 0 Å². The fourth-order valence-electron chi connectivity index (χ4n) is 5.57. The Morgan fingerprint density at radius 1 is 1.02 bits per heavy atom. The van der Waals surface area contributed by atoms with Gasteiger partial charge in [-0.3, -0.25) is 24.0 Å². The predicted octanol–water partition coefficient (Wildman–Crippen LogP) is 2.46. The molecule has 2 aromatic carbocycles. The van der Waals surface area contributed by atoms with Crippen molar-refractivity contribution in [3.05, 3.63) is 71.9 Å². The number of hydrogen-bond acceptors (Lipinski definition) is 5. The lowest BCUT2D eigenvalue weighted by atomic mass is 9.94. The van der Waals surface area contributed by atoms with Crippen LogP contribution in [0.4, 0.5) is 13.2 Å². The number of carbonyl (C=O) groups excluding carboxylic acids is 5. The number of Topliss-reactive ketones (excluding diaryl/α,β-unsaturated/α-hetero) is 1. The molecule has 5 rings (SSSR count). The summed E-state index contributed by atoms with van der Waals surface area (Å²) < 4.78 is 41.4. The molecule has 226 valence electrons. The van der Waals surface area contributed by atoms with E-state index in [1.807, 2.05) is 0 Å². The Hall–Kier alpha value is -4.68. The lowest BCUT2D eigenvalue weighted by molar-refractivity contribution is -0.170. The number of alkyl halides is 3. The van der Waals surface area contributed by atoms with E-state index in [1.165, 1.54) is 6.07 Å². The van der Waals surface area contributed by atoms with Crippen molar-refractivity contribution in [2.45, 2.75) is 44.1 Å². The van der Waals surface area contributed by atoms with Gasteiger partial charge >= 0.3 is 6.18 Å². The molecule has 0 saturated carbocycles. The van der Waals surface area contributed by atoms with E-state index in [9.17, 15) is 37.1 Å². The third-order valence-electron chi connectivity index (χ3n) is 7.92. The van der Waals surface area contributed by atoms with Crippen molar-refractivity contribution in [2.24, 2.45) is 11.8 Å². The Balaban J connectivity index is 1.36. The standard InChI is InChI=1S/C30H30F3N5O5/c31-30(32,33)20-14-24(38(16-20)29(43)23-12-18-8-4-5-9-21(18)36-23)27(41)37-22(13-19-10-11-34-26(19)40)25(39)28(42)35-15-17-6-2-1-3-7-17/h1-9,12,19-20,22,24,36H,10-11,13-16H2,(H,34,40)(H,35,42)(H,37,41)/t19-,20+,22-,24-/m0/s1. The number of para-hydroxylation sites is 1. The number of halogens is 3. The van der Waals surface area contributed by atoms with Crippen LogP contribution in [0, 0.1) is 11.8 Å². The molecule has 0 bridgehead atoms. The number of nitrogens with zero attached hydrogens (tertiary/aromatic N) is 1. The van der Waals surface area contributed by atoms with E-state index in [4.69, 9.17) is 0 Å². The maximum atomic E-state index is 13.8. The summed E-state index contributed by atoms with van der Waals surface area (Å²) in [5.41, 5.74) is 1.33. The number of carbonyl (C=O) groups is 5. The van der Waals surface area contributed by atoms with Gasteiger partial charge in [0.2, 0.25) is 17.6 Å². The number of H-pyrrole nitrogens is 1. The highest BCUT2D eigenvalue weighted by atomic mass is 19.4. The van der Waals surface area contributed by atoms with Gasteiger partial charge in [-0.25, -0.2) is 0 Å². The van der Waals surface area contributed by atoms with Crippen LogP contribution in [0.3, 0.4) is 0 Å². The molecule has 2 aliphatic rings. The molecule has 0 radical (unpaired) electrons. The third kappa shape index (κ3) is 6.71. The van der Waals surface area contributed by atoms with E-state index in [2.05, 4.69) is 20.9 Å². The predicted molar refractivity (Wildman–Crippen MR) is 148 cm³/mol. The van der Waals surface area contributed by atoms with Gasteiger partial charge < -0.3 is 25.8 Å². The molecular formula is C30H30F3N5O5. The number of aromatic nitrogens is 1. The fraction of sp³-hybridized carbons (Fsp3) is 0.367. The number of aromatic amines is 1. The largest absolute Gasteiger partial charge is 0.393 e. The average molecular weight is 598 g/mol. The topological polar surface area (TPSA) is 140 Å². The summed E-state index contributed by atoms with van der Waals surface area (Å²) in [6.07, 6.45) is -5.26. The maximum Gasteiger partial charge on any atom is 0.393 e. The van der Waals surface area contributed by atoms with Crippen molar-refractivity contribution in [3.63, 3.8) is 0 Å². The number of benzene rings is 2. The van der Waals surface area contributed by atoms with Crippen molar-refractivity contribution in [1.29, 1.82) is 0 Å². The highest BCUT2D eigenvalue weighted by Gasteiger charge is 2.51. The van der Waals surface area contributed by atoms with Crippen LogP contribution in [-0.2, 0) is 25.7 Å². The minimum Gasteiger partial charge on any atom is -0.356 e. The van der Waals surface area contributed by atoms with Gasteiger partial charge in [0.15, 0.2) is 0 Å². The van der Waals surface area contributed by atoms with E-state index >= 15 is 0 Å². The number of amides is 4. The highest BCUT2D eigenvalue weighted by molar-refractivity contribution is 6.38. The van der Waals surface area contributed by atoms with Crippen molar-refractivity contribution in [3.8, 4) is 0 Å². The Labute approximate surface area is 244 Å². The summed E-state index contributed by atoms with van der Waals surface area (Å²) in [4.78, 5) is 69.0. The van der Waals surface area contributed by atoms with E-state index in [-0.39, 0.29) is 24.6 Å². The van der Waals surface area contributed by atoms with E-state index in [0.29, 0.717) is 23.9 Å². The van der Waals surface area contributed by atoms with E-state index < -0.39 is 66.6 Å². The summed E-state index contributed by atoms with van der Waals surface area (Å²) in [5, 5.41) is 8.20. The Morgan fingerprint density at radius 2 is 1.74 bits per heavy atom. The molecule has 2 fully saturated rings. The average Bonchev–Trinajstić information content (AvgIpc) is 3.73. The SMILES string of the molecule is O=C(NCc1ccccc1)C(=O)[C@H](C[C@@H]1CCNC1=O)NC(=O)[C@@H]1C[C@@H](C(F)(F)F)CN1C(=O)c1cc2ccccc2[nH]1. The second kappa shape index (κ2) is 12.3. The normalized spacial score (nSPS) is 21.0. The summed E-state index contributed by atoms with van der Waals surface area (Å²) in [6, 6.07) is 14.1. The van der Waals surface area contributed by atoms with Crippen LogP contribution in [0.15, 0.2) is 60.7 Å². The van der Waals surface area contributed by atoms with Gasteiger partial charge in [-0.05, 0) is 37.0 Å². The number of nitrogens with one attached hydrogen (secondary N) is 4. The second-order valence-electron chi connectivity index (χ2n) is 10.8. The molecule has 0 spiro atoms. The number of ketones is 1. The fourth-order valence-corrected chi connectivity index (χ4v) is 5.57. The van der Waals surface area contributed by atoms with Gasteiger partial charge in [0.25, 0.3) is 11.8 Å². The summed E-state index contributed by atoms with van der Waals surface area (Å²) in [7, 11) is 0. The zero-order valence-corrected chi connectivity index (χ0v) is 22.9. The molecule has 1 aromatic heterocycles. The first-order chi connectivity index (χ1) is 20.5. The zero-order chi connectivity index (χ0) is 30.7. The van der Waals surface area contributed by atoms with Crippen molar-refractivity contribution in [1.82, 2.24) is 25.8 Å². The second-order valence-corrected chi connectivity index (χ2v) is 10.8. The number of rotatable bonds is 9. The third-order valence-corrected chi connectivity index (χ3v) is 7.92. The molecule has 3 heterocycles. The molecular weight excluding hydrogens is 567 g/mol. The number of hydrogen-bond donors (Lipinski definition) is 4. The van der Waals surface area contributed by atoms with E-state index in [0.717, 1.165) is 10.5 Å². The first kappa shape index (κ1) is 29.8. The lowest BCUT2D eigenvalue weighted by Crippen LogP contribution is -2.54. The van der Waals surface area contributed by atoms with Crippen molar-refractivity contribution in [2.75, 3.05) is 13.1 Å². The Kier molecular flexibility index (Phi) is 8.51. The summed E-state index contributed by atoms with van der Waals surface area (Å²) in [6.45, 7) is -0.378. The molecule has 13 heteroatoms. The van der Waals surface area contributed by atoms with Crippen LogP contribution in [-0.4, -0.2) is 70.6 Å². The summed E-state index contributed by atoms with van der Waals surface area (Å²) >= 11 is 0. The van der Waals surface area contributed by atoms with Crippen molar-refractivity contribution >= 4 is 40.3 Å². The van der Waals surface area contributed by atoms with Gasteiger partial charge in [0.1, 0.15) is 11.7 Å². The maximum absolute atomic E-state index is 13.8. The van der Waals surface area contributed by atoms with Crippen molar-refractivity contribution < 1.29 is 37.1 Å². The Bertz CT molecular complexity index is 1510. The highest BCUT2D eigenvalue weighted by Crippen LogP contribution is 2.37. The molecule has 4 amide bonds. The van der Waals surface area contributed by atoms with Crippen LogP contribution in [0.25, 0.3) is 10.9 Å². The van der Waals surface area contributed by atoms with Crippen LogP contribution >= 0.6 is 0 Å². The monoisotopic (exact) mass is 597 g/mol. The molecule has 4 atom stereocenters. The van der Waals surface area contributed by atoms with Crippen LogP contribution in [0.5, 0.6) is 0 Å². The summed E-state index contributed by atoms with van der Waals surface area (Å²) in [5.74, 6) is -6.88.